The molecule has 0 N–H and O–H groups in total. The fourth-order valence-corrected chi connectivity index (χ4v) is 2.29. The van der Waals surface area contributed by atoms with E-state index < -0.39 is 0 Å². The van der Waals surface area contributed by atoms with Crippen molar-refractivity contribution >= 4 is 11.6 Å². The maximum atomic E-state index is 11.8. The summed E-state index contributed by atoms with van der Waals surface area (Å²) in [5.74, 6) is 0.731. The molecular weight excluding hydrogens is 198 g/mol. The van der Waals surface area contributed by atoms with Crippen LogP contribution >= 0.6 is 0 Å². The maximum Gasteiger partial charge on any atom is 0.227 e. The van der Waals surface area contributed by atoms with E-state index in [0.29, 0.717) is 12.3 Å². The third-order valence-electron chi connectivity index (χ3n) is 3.17. The van der Waals surface area contributed by atoms with Crippen LogP contribution in [0, 0.1) is 6.92 Å². The molecule has 2 rings (SSSR count). The average molecular weight is 217 g/mol. The van der Waals surface area contributed by atoms with Gasteiger partial charge in [-0.2, -0.15) is 0 Å². The second-order valence-corrected chi connectivity index (χ2v) is 4.87. The molecule has 0 spiro atoms. The molecule has 0 aliphatic carbocycles. The molecule has 1 amide bonds. The van der Waals surface area contributed by atoms with Crippen molar-refractivity contribution in [3.05, 3.63) is 29.3 Å². The first-order valence-electron chi connectivity index (χ1n) is 6.00. The van der Waals surface area contributed by atoms with E-state index in [1.165, 1.54) is 11.1 Å². The predicted molar refractivity (Wildman–Crippen MR) is 66.9 cm³/mol. The van der Waals surface area contributed by atoms with Crippen LogP contribution in [0.25, 0.3) is 0 Å². The Hall–Kier alpha value is -1.31. The highest BCUT2D eigenvalue weighted by molar-refractivity contribution is 5.96. The number of hydrogen-bond donors (Lipinski definition) is 0. The molecule has 0 bridgehead atoms. The fourth-order valence-electron chi connectivity index (χ4n) is 2.29. The normalized spacial score (nSPS) is 16.2. The van der Waals surface area contributed by atoms with E-state index in [1.54, 1.807) is 0 Å². The summed E-state index contributed by atoms with van der Waals surface area (Å²) in [7, 11) is 0. The van der Waals surface area contributed by atoms with Gasteiger partial charge >= 0.3 is 0 Å². The first-order valence-corrected chi connectivity index (χ1v) is 6.00. The molecule has 1 saturated heterocycles. The van der Waals surface area contributed by atoms with E-state index in [0.717, 1.165) is 18.7 Å². The minimum Gasteiger partial charge on any atom is -0.312 e. The number of anilines is 1. The average Bonchev–Trinajstić information content (AvgIpc) is 2.64. The summed E-state index contributed by atoms with van der Waals surface area (Å²) in [5, 5.41) is 0. The van der Waals surface area contributed by atoms with E-state index in [1.807, 2.05) is 4.90 Å². The van der Waals surface area contributed by atoms with Crippen molar-refractivity contribution in [2.45, 2.75) is 39.5 Å². The zero-order valence-corrected chi connectivity index (χ0v) is 10.3. The maximum absolute atomic E-state index is 11.8. The molecular formula is C14H19NO. The zero-order valence-electron chi connectivity index (χ0n) is 10.3. The van der Waals surface area contributed by atoms with Crippen LogP contribution in [-0.2, 0) is 4.79 Å². The zero-order chi connectivity index (χ0) is 11.7. The van der Waals surface area contributed by atoms with Crippen LogP contribution in [0.2, 0.25) is 0 Å². The molecule has 86 valence electrons. The van der Waals surface area contributed by atoms with Crippen molar-refractivity contribution in [2.75, 3.05) is 11.4 Å². The number of carbonyl (C=O) groups is 1. The summed E-state index contributed by atoms with van der Waals surface area (Å²) in [6, 6.07) is 6.38. The lowest BCUT2D eigenvalue weighted by Crippen LogP contribution is -2.25. The summed E-state index contributed by atoms with van der Waals surface area (Å²) >= 11 is 0. The van der Waals surface area contributed by atoms with Crippen molar-refractivity contribution in [2.24, 2.45) is 0 Å². The lowest BCUT2D eigenvalue weighted by Gasteiger charge is -2.22. The molecule has 16 heavy (non-hydrogen) atoms. The van der Waals surface area contributed by atoms with Crippen LogP contribution in [0.5, 0.6) is 0 Å². The molecule has 0 radical (unpaired) electrons. The number of nitrogens with zero attached hydrogens (tertiary/aromatic N) is 1. The topological polar surface area (TPSA) is 20.3 Å². The Morgan fingerprint density at radius 1 is 1.31 bits per heavy atom. The fraction of sp³-hybridized carbons (Fsp3) is 0.500. The van der Waals surface area contributed by atoms with Gasteiger partial charge in [-0.25, -0.2) is 0 Å². The minimum absolute atomic E-state index is 0.269. The molecule has 1 heterocycles. The molecule has 1 fully saturated rings. The van der Waals surface area contributed by atoms with Crippen molar-refractivity contribution in [3.8, 4) is 0 Å². The van der Waals surface area contributed by atoms with Crippen molar-refractivity contribution < 1.29 is 4.79 Å². The van der Waals surface area contributed by atoms with Crippen LogP contribution in [-0.4, -0.2) is 12.5 Å². The van der Waals surface area contributed by atoms with Crippen LogP contribution in [0.15, 0.2) is 18.2 Å². The van der Waals surface area contributed by atoms with Crippen LogP contribution in [0.3, 0.4) is 0 Å². The molecule has 0 unspecified atom stereocenters. The summed E-state index contributed by atoms with van der Waals surface area (Å²) < 4.78 is 0. The van der Waals surface area contributed by atoms with E-state index in [2.05, 4.69) is 39.0 Å². The van der Waals surface area contributed by atoms with Crippen molar-refractivity contribution in [3.63, 3.8) is 0 Å². The van der Waals surface area contributed by atoms with Crippen molar-refractivity contribution in [1.29, 1.82) is 0 Å². The largest absolute Gasteiger partial charge is 0.312 e. The number of carbonyl (C=O) groups excluding carboxylic acids is 1. The van der Waals surface area contributed by atoms with Crippen LogP contribution in [0.1, 0.15) is 43.7 Å². The SMILES string of the molecule is Cc1ccc(N2CCCC2=O)c(C(C)C)c1. The lowest BCUT2D eigenvalue weighted by molar-refractivity contribution is -0.117. The molecule has 1 aromatic rings. The smallest absolute Gasteiger partial charge is 0.227 e. The standard InChI is InChI=1S/C14H19NO/c1-10(2)12-9-11(3)6-7-13(12)15-8-4-5-14(15)16/h6-7,9-10H,4-5,8H2,1-3H3. The predicted octanol–water partition coefficient (Wildman–Crippen LogP) is 3.25. The van der Waals surface area contributed by atoms with Gasteiger partial charge < -0.3 is 4.90 Å². The Balaban J connectivity index is 2.43. The van der Waals surface area contributed by atoms with E-state index >= 15 is 0 Å². The van der Waals surface area contributed by atoms with Gasteiger partial charge in [-0.15, -0.1) is 0 Å². The number of benzene rings is 1. The minimum atomic E-state index is 0.269. The summed E-state index contributed by atoms with van der Waals surface area (Å²) in [4.78, 5) is 13.7. The van der Waals surface area contributed by atoms with Crippen LogP contribution < -0.4 is 4.90 Å². The van der Waals surface area contributed by atoms with Gasteiger partial charge in [0.15, 0.2) is 0 Å². The van der Waals surface area contributed by atoms with E-state index in [4.69, 9.17) is 0 Å². The van der Waals surface area contributed by atoms with Gasteiger partial charge in [0.2, 0.25) is 5.91 Å². The van der Waals surface area contributed by atoms with E-state index in [9.17, 15) is 4.79 Å². The van der Waals surface area contributed by atoms with E-state index in [-0.39, 0.29) is 5.91 Å². The molecule has 1 aliphatic heterocycles. The van der Waals surface area contributed by atoms with Gasteiger partial charge in [-0.05, 0) is 30.9 Å². The van der Waals surface area contributed by atoms with Gasteiger partial charge in [0.25, 0.3) is 0 Å². The molecule has 0 aromatic heterocycles. The Bertz CT molecular complexity index is 409. The first kappa shape index (κ1) is 11.2. The van der Waals surface area contributed by atoms with Gasteiger partial charge in [-0.3, -0.25) is 4.79 Å². The number of hydrogen-bond acceptors (Lipinski definition) is 1. The molecule has 1 aromatic carbocycles. The Morgan fingerprint density at radius 3 is 2.62 bits per heavy atom. The monoisotopic (exact) mass is 217 g/mol. The third kappa shape index (κ3) is 1.97. The van der Waals surface area contributed by atoms with Crippen LogP contribution in [0.4, 0.5) is 5.69 Å². The highest BCUT2D eigenvalue weighted by Crippen LogP contribution is 2.31. The summed E-state index contributed by atoms with van der Waals surface area (Å²) in [6.07, 6.45) is 1.69. The Morgan fingerprint density at radius 2 is 2.06 bits per heavy atom. The Labute approximate surface area is 97.3 Å². The molecule has 0 saturated carbocycles. The second kappa shape index (κ2) is 4.28. The number of aryl methyl sites for hydroxylation is 1. The van der Waals surface area contributed by atoms with Gasteiger partial charge in [-0.1, -0.05) is 31.5 Å². The van der Waals surface area contributed by atoms with Gasteiger partial charge in [0.1, 0.15) is 0 Å². The highest BCUT2D eigenvalue weighted by atomic mass is 16.2. The quantitative estimate of drug-likeness (QED) is 0.744. The third-order valence-corrected chi connectivity index (χ3v) is 3.17. The number of rotatable bonds is 2. The summed E-state index contributed by atoms with van der Waals surface area (Å²) in [5.41, 5.74) is 3.66. The first-order chi connectivity index (χ1) is 7.59. The summed E-state index contributed by atoms with van der Waals surface area (Å²) in [6.45, 7) is 7.33. The number of amides is 1. The van der Waals surface area contributed by atoms with Crippen molar-refractivity contribution in [1.82, 2.24) is 0 Å². The molecule has 2 nitrogen and oxygen atoms in total. The molecule has 0 atom stereocenters. The molecule has 2 heteroatoms. The second-order valence-electron chi connectivity index (χ2n) is 4.87. The van der Waals surface area contributed by atoms with Gasteiger partial charge in [0, 0.05) is 18.7 Å². The molecule has 1 aliphatic rings. The highest BCUT2D eigenvalue weighted by Gasteiger charge is 2.24. The lowest BCUT2D eigenvalue weighted by atomic mass is 9.98. The van der Waals surface area contributed by atoms with Gasteiger partial charge in [0.05, 0.1) is 0 Å². The Kier molecular flexibility index (Phi) is 2.99.